The van der Waals surface area contributed by atoms with Gasteiger partial charge in [-0.2, -0.15) is 0 Å². The van der Waals surface area contributed by atoms with Gasteiger partial charge >= 0.3 is 0 Å². The van der Waals surface area contributed by atoms with Gasteiger partial charge in [0.05, 0.1) is 0 Å². The van der Waals surface area contributed by atoms with Gasteiger partial charge in [0.25, 0.3) is 5.91 Å². The van der Waals surface area contributed by atoms with Crippen LogP contribution in [0.4, 0.5) is 0 Å². The summed E-state index contributed by atoms with van der Waals surface area (Å²) in [5, 5.41) is 0. The second kappa shape index (κ2) is 3.43. The largest absolute Gasteiger partial charge is 0.335 e. The van der Waals surface area contributed by atoms with E-state index in [0.717, 1.165) is 12.5 Å². The number of amides is 1. The Bertz CT molecular complexity index is 207. The summed E-state index contributed by atoms with van der Waals surface area (Å²) in [4.78, 5) is 12.8. The highest BCUT2D eigenvalue weighted by atomic mass is 16.2. The van der Waals surface area contributed by atoms with Gasteiger partial charge < -0.3 is 4.90 Å². The van der Waals surface area contributed by atoms with E-state index < -0.39 is 0 Å². The lowest BCUT2D eigenvalue weighted by molar-refractivity contribution is -0.124. The van der Waals surface area contributed by atoms with E-state index in [2.05, 4.69) is 11.8 Å². The Morgan fingerprint density at radius 2 is 2.27 bits per heavy atom. The van der Waals surface area contributed by atoms with Gasteiger partial charge in [-0.1, -0.05) is 5.92 Å². The van der Waals surface area contributed by atoms with Crippen LogP contribution in [0.1, 0.15) is 19.8 Å². The maximum Gasteiger partial charge on any atom is 0.298 e. The molecular weight excluding hydrogens is 138 g/mol. The molecule has 0 spiro atoms. The van der Waals surface area contributed by atoms with Crippen LogP contribution in [-0.2, 0) is 4.79 Å². The van der Waals surface area contributed by atoms with Crippen LogP contribution in [0.15, 0.2) is 0 Å². The summed E-state index contributed by atoms with van der Waals surface area (Å²) in [5.74, 6) is 5.81. The molecule has 2 nitrogen and oxygen atoms in total. The predicted molar refractivity (Wildman–Crippen MR) is 43.8 cm³/mol. The SMILES string of the molecule is CC#CC(=O)N(C)CC1CC1. The van der Waals surface area contributed by atoms with Gasteiger partial charge in [0.1, 0.15) is 0 Å². The molecule has 0 aromatic rings. The third-order valence-corrected chi connectivity index (χ3v) is 1.81. The first kappa shape index (κ1) is 8.13. The fourth-order valence-corrected chi connectivity index (χ4v) is 0.973. The molecule has 1 amide bonds. The fourth-order valence-electron chi connectivity index (χ4n) is 0.973. The molecule has 1 aliphatic carbocycles. The Labute approximate surface area is 67.6 Å². The molecule has 0 aromatic carbocycles. The van der Waals surface area contributed by atoms with Gasteiger partial charge in [-0.25, -0.2) is 0 Å². The molecule has 0 aliphatic heterocycles. The van der Waals surface area contributed by atoms with Crippen molar-refractivity contribution < 1.29 is 4.79 Å². The van der Waals surface area contributed by atoms with E-state index >= 15 is 0 Å². The maximum absolute atomic E-state index is 11.1. The molecule has 0 saturated heterocycles. The maximum atomic E-state index is 11.1. The van der Waals surface area contributed by atoms with Crippen molar-refractivity contribution in [1.82, 2.24) is 4.90 Å². The Morgan fingerprint density at radius 3 is 2.73 bits per heavy atom. The topological polar surface area (TPSA) is 20.3 Å². The minimum atomic E-state index is -0.0561. The van der Waals surface area contributed by atoms with Gasteiger partial charge in [0.15, 0.2) is 0 Å². The first-order valence-corrected chi connectivity index (χ1v) is 3.92. The standard InChI is InChI=1S/C9H13NO/c1-3-4-9(11)10(2)7-8-5-6-8/h8H,5-7H2,1-2H3. The van der Waals surface area contributed by atoms with Crippen LogP contribution < -0.4 is 0 Å². The molecule has 1 saturated carbocycles. The molecule has 0 atom stereocenters. The number of rotatable bonds is 2. The highest BCUT2D eigenvalue weighted by Gasteiger charge is 2.24. The summed E-state index contributed by atoms with van der Waals surface area (Å²) in [5.41, 5.74) is 0. The third-order valence-electron chi connectivity index (χ3n) is 1.81. The second-order valence-corrected chi connectivity index (χ2v) is 3.00. The molecule has 1 rings (SSSR count). The Morgan fingerprint density at radius 1 is 1.64 bits per heavy atom. The van der Waals surface area contributed by atoms with Crippen molar-refractivity contribution in [2.75, 3.05) is 13.6 Å². The number of carbonyl (C=O) groups is 1. The van der Waals surface area contributed by atoms with E-state index in [4.69, 9.17) is 0 Å². The zero-order valence-corrected chi connectivity index (χ0v) is 7.05. The van der Waals surface area contributed by atoms with Crippen molar-refractivity contribution in [1.29, 1.82) is 0 Å². The first-order valence-electron chi connectivity index (χ1n) is 3.92. The van der Waals surface area contributed by atoms with Crippen LogP contribution in [-0.4, -0.2) is 24.4 Å². The van der Waals surface area contributed by atoms with E-state index in [1.807, 2.05) is 7.05 Å². The minimum Gasteiger partial charge on any atom is -0.335 e. The zero-order chi connectivity index (χ0) is 8.27. The van der Waals surface area contributed by atoms with Crippen LogP contribution in [0.25, 0.3) is 0 Å². The molecular formula is C9H13NO. The molecule has 0 bridgehead atoms. The Kier molecular flexibility index (Phi) is 2.53. The average Bonchev–Trinajstić information content (AvgIpc) is 2.72. The van der Waals surface area contributed by atoms with Crippen molar-refractivity contribution >= 4 is 5.91 Å². The lowest BCUT2D eigenvalue weighted by Gasteiger charge is -2.11. The van der Waals surface area contributed by atoms with Gasteiger partial charge in [-0.05, 0) is 31.6 Å². The molecule has 2 heteroatoms. The average molecular weight is 151 g/mol. The smallest absolute Gasteiger partial charge is 0.298 e. The molecule has 0 heterocycles. The number of nitrogens with zero attached hydrogens (tertiary/aromatic N) is 1. The van der Waals surface area contributed by atoms with E-state index in [-0.39, 0.29) is 5.91 Å². The van der Waals surface area contributed by atoms with E-state index in [9.17, 15) is 4.79 Å². The number of hydrogen-bond donors (Lipinski definition) is 0. The first-order chi connectivity index (χ1) is 5.24. The van der Waals surface area contributed by atoms with Crippen LogP contribution in [0.3, 0.4) is 0 Å². The molecule has 60 valence electrons. The summed E-state index contributed by atoms with van der Waals surface area (Å²) >= 11 is 0. The molecule has 11 heavy (non-hydrogen) atoms. The lowest BCUT2D eigenvalue weighted by atomic mass is 10.4. The fraction of sp³-hybridized carbons (Fsp3) is 0.667. The third kappa shape index (κ3) is 2.63. The summed E-state index contributed by atoms with van der Waals surface area (Å²) in [6.07, 6.45) is 2.55. The summed E-state index contributed by atoms with van der Waals surface area (Å²) in [6, 6.07) is 0. The lowest BCUT2D eigenvalue weighted by Crippen LogP contribution is -2.27. The van der Waals surface area contributed by atoms with Crippen molar-refractivity contribution in [3.8, 4) is 11.8 Å². The highest BCUT2D eigenvalue weighted by Crippen LogP contribution is 2.29. The van der Waals surface area contributed by atoms with Gasteiger partial charge in [-0.15, -0.1) is 0 Å². The molecule has 0 aromatic heterocycles. The van der Waals surface area contributed by atoms with Crippen molar-refractivity contribution in [2.45, 2.75) is 19.8 Å². The van der Waals surface area contributed by atoms with Crippen LogP contribution in [0.5, 0.6) is 0 Å². The number of carbonyl (C=O) groups excluding carboxylic acids is 1. The normalized spacial score (nSPS) is 15.1. The minimum absolute atomic E-state index is 0.0561. The summed E-state index contributed by atoms with van der Waals surface area (Å²) < 4.78 is 0. The Balaban J connectivity index is 2.30. The van der Waals surface area contributed by atoms with Crippen molar-refractivity contribution in [3.05, 3.63) is 0 Å². The van der Waals surface area contributed by atoms with E-state index in [0.29, 0.717) is 0 Å². The second-order valence-electron chi connectivity index (χ2n) is 3.00. The van der Waals surface area contributed by atoms with Gasteiger partial charge in [-0.3, -0.25) is 4.79 Å². The van der Waals surface area contributed by atoms with E-state index in [1.54, 1.807) is 11.8 Å². The molecule has 1 aliphatic rings. The number of hydrogen-bond acceptors (Lipinski definition) is 1. The monoisotopic (exact) mass is 151 g/mol. The zero-order valence-electron chi connectivity index (χ0n) is 7.05. The molecule has 1 fully saturated rings. The van der Waals surface area contributed by atoms with Crippen LogP contribution in [0.2, 0.25) is 0 Å². The highest BCUT2D eigenvalue weighted by molar-refractivity contribution is 5.93. The molecule has 0 radical (unpaired) electrons. The molecule has 0 unspecified atom stereocenters. The van der Waals surface area contributed by atoms with Gasteiger partial charge in [0, 0.05) is 13.6 Å². The van der Waals surface area contributed by atoms with E-state index in [1.165, 1.54) is 12.8 Å². The van der Waals surface area contributed by atoms with Crippen LogP contribution >= 0.6 is 0 Å². The Hall–Kier alpha value is -0.970. The van der Waals surface area contributed by atoms with Crippen molar-refractivity contribution in [2.24, 2.45) is 5.92 Å². The van der Waals surface area contributed by atoms with Crippen molar-refractivity contribution in [3.63, 3.8) is 0 Å². The van der Waals surface area contributed by atoms with Crippen LogP contribution in [0, 0.1) is 17.8 Å². The quantitative estimate of drug-likeness (QED) is 0.536. The molecule has 0 N–H and O–H groups in total. The predicted octanol–water partition coefficient (Wildman–Crippen LogP) is 0.878. The summed E-state index contributed by atoms with van der Waals surface area (Å²) in [6.45, 7) is 2.57. The van der Waals surface area contributed by atoms with Gasteiger partial charge in [0.2, 0.25) is 0 Å². The summed E-state index contributed by atoms with van der Waals surface area (Å²) in [7, 11) is 1.81.